The van der Waals surface area contributed by atoms with Crippen LogP contribution in [0.2, 0.25) is 0 Å². The number of nitrogens with zero attached hydrogens (tertiary/aromatic N) is 2. The maximum absolute atomic E-state index is 12.5. The predicted octanol–water partition coefficient (Wildman–Crippen LogP) is 1.15. The van der Waals surface area contributed by atoms with E-state index in [4.69, 9.17) is 4.42 Å². The number of carbonyl (C=O) groups excluding carboxylic acids is 2. The van der Waals surface area contributed by atoms with Gasteiger partial charge in [-0.25, -0.2) is 0 Å². The number of carbonyl (C=O) groups is 2. The number of furan rings is 1. The van der Waals surface area contributed by atoms with Crippen molar-refractivity contribution in [3.05, 3.63) is 53.5 Å². The summed E-state index contributed by atoms with van der Waals surface area (Å²) in [5, 5.41) is 0. The zero-order valence-electron chi connectivity index (χ0n) is 16.3. The molecule has 144 valence electrons. The summed E-state index contributed by atoms with van der Waals surface area (Å²) < 4.78 is 5.55. The molecule has 0 aliphatic carbocycles. The summed E-state index contributed by atoms with van der Waals surface area (Å²) in [6, 6.07) is 11.6. The van der Waals surface area contributed by atoms with Crippen LogP contribution < -0.4 is 9.80 Å². The Bertz CT molecular complexity index is 789. The minimum atomic E-state index is 0.0863. The molecule has 0 bridgehead atoms. The number of amides is 1. The molecular formula is C21H28N3O3+. The van der Waals surface area contributed by atoms with Gasteiger partial charge >= 0.3 is 0 Å². The third kappa shape index (κ3) is 4.98. The molecule has 1 aliphatic rings. The summed E-state index contributed by atoms with van der Waals surface area (Å²) >= 11 is 0. The van der Waals surface area contributed by atoms with E-state index in [0.29, 0.717) is 13.1 Å². The van der Waals surface area contributed by atoms with E-state index in [1.807, 2.05) is 50.4 Å². The lowest BCUT2D eigenvalue weighted by molar-refractivity contribution is -0.892. The van der Waals surface area contributed by atoms with E-state index >= 15 is 0 Å². The summed E-state index contributed by atoms with van der Waals surface area (Å²) in [6.07, 6.45) is 0. The highest BCUT2D eigenvalue weighted by atomic mass is 16.3. The van der Waals surface area contributed by atoms with E-state index in [1.54, 1.807) is 11.8 Å². The number of piperazine rings is 1. The standard InChI is InChI=1S/C21H27N3O3/c1-16-4-9-20(27-16)14-22(3)21(26)15-23-10-12-24(13-11-23)19-7-5-18(6-8-19)17(2)25/h4-9H,10-15H2,1-3H3/p+1. The lowest BCUT2D eigenvalue weighted by Crippen LogP contribution is -3.15. The van der Waals surface area contributed by atoms with Gasteiger partial charge in [-0.15, -0.1) is 0 Å². The van der Waals surface area contributed by atoms with Gasteiger partial charge in [0.15, 0.2) is 12.3 Å². The first kappa shape index (κ1) is 19.2. The molecule has 1 fully saturated rings. The van der Waals surface area contributed by atoms with Crippen LogP contribution in [0.25, 0.3) is 0 Å². The van der Waals surface area contributed by atoms with E-state index in [2.05, 4.69) is 4.90 Å². The number of rotatable bonds is 6. The highest BCUT2D eigenvalue weighted by Crippen LogP contribution is 2.15. The molecule has 1 aromatic carbocycles. The molecule has 2 heterocycles. The minimum absolute atomic E-state index is 0.0863. The number of benzene rings is 1. The number of Topliss-reactive ketones (excluding diaryl/α,β-unsaturated/α-hetero) is 1. The highest BCUT2D eigenvalue weighted by molar-refractivity contribution is 5.94. The molecule has 1 aromatic heterocycles. The zero-order valence-corrected chi connectivity index (χ0v) is 16.3. The van der Waals surface area contributed by atoms with Gasteiger partial charge in [0.2, 0.25) is 0 Å². The smallest absolute Gasteiger partial charge is 0.277 e. The van der Waals surface area contributed by atoms with Gasteiger partial charge < -0.3 is 19.1 Å². The minimum Gasteiger partial charge on any atom is -0.464 e. The van der Waals surface area contributed by atoms with Gasteiger partial charge in [0.1, 0.15) is 11.5 Å². The summed E-state index contributed by atoms with van der Waals surface area (Å²) in [4.78, 5) is 29.2. The quantitative estimate of drug-likeness (QED) is 0.775. The van der Waals surface area contributed by atoms with Crippen molar-refractivity contribution in [1.29, 1.82) is 0 Å². The van der Waals surface area contributed by atoms with Crippen LogP contribution in [0.5, 0.6) is 0 Å². The van der Waals surface area contributed by atoms with E-state index in [-0.39, 0.29) is 11.7 Å². The van der Waals surface area contributed by atoms with Gasteiger partial charge in [0, 0.05) is 18.3 Å². The van der Waals surface area contributed by atoms with Crippen LogP contribution in [0, 0.1) is 6.92 Å². The largest absolute Gasteiger partial charge is 0.464 e. The lowest BCUT2D eigenvalue weighted by atomic mass is 10.1. The third-order valence-electron chi connectivity index (χ3n) is 5.13. The van der Waals surface area contributed by atoms with Crippen LogP contribution in [0.3, 0.4) is 0 Å². The highest BCUT2D eigenvalue weighted by Gasteiger charge is 2.24. The molecular weight excluding hydrogens is 342 g/mol. The van der Waals surface area contributed by atoms with Gasteiger partial charge in [-0.05, 0) is 50.2 Å². The molecule has 27 heavy (non-hydrogen) atoms. The van der Waals surface area contributed by atoms with Crippen LogP contribution in [0.4, 0.5) is 5.69 Å². The first-order valence-corrected chi connectivity index (χ1v) is 9.41. The Balaban J connectivity index is 1.47. The predicted molar refractivity (Wildman–Crippen MR) is 104 cm³/mol. The van der Waals surface area contributed by atoms with Gasteiger partial charge in [-0.1, -0.05) is 0 Å². The second-order valence-corrected chi connectivity index (χ2v) is 7.28. The van der Waals surface area contributed by atoms with Crippen LogP contribution in [0.1, 0.15) is 28.8 Å². The Morgan fingerprint density at radius 1 is 1.11 bits per heavy atom. The zero-order chi connectivity index (χ0) is 19.4. The number of nitrogens with one attached hydrogen (secondary N) is 1. The maximum atomic E-state index is 12.5. The Morgan fingerprint density at radius 3 is 2.33 bits per heavy atom. The number of aryl methyl sites for hydroxylation is 1. The van der Waals surface area contributed by atoms with Crippen molar-refractivity contribution in [3.63, 3.8) is 0 Å². The number of likely N-dealkylation sites (N-methyl/N-ethyl adjacent to an activating group) is 1. The first-order valence-electron chi connectivity index (χ1n) is 9.41. The molecule has 0 unspecified atom stereocenters. The second kappa shape index (κ2) is 8.39. The van der Waals surface area contributed by atoms with Crippen LogP contribution >= 0.6 is 0 Å². The fraction of sp³-hybridized carbons (Fsp3) is 0.429. The Hall–Kier alpha value is -2.60. The first-order chi connectivity index (χ1) is 12.9. The fourth-order valence-electron chi connectivity index (χ4n) is 3.41. The second-order valence-electron chi connectivity index (χ2n) is 7.28. The van der Waals surface area contributed by atoms with Gasteiger partial charge in [0.25, 0.3) is 5.91 Å². The number of quaternary nitrogens is 1. The van der Waals surface area contributed by atoms with Gasteiger partial charge in [-0.2, -0.15) is 0 Å². The van der Waals surface area contributed by atoms with Crippen LogP contribution in [-0.2, 0) is 11.3 Å². The van der Waals surface area contributed by atoms with Gasteiger partial charge in [-0.3, -0.25) is 9.59 Å². The molecule has 1 N–H and O–H groups in total. The Morgan fingerprint density at radius 2 is 1.78 bits per heavy atom. The van der Waals surface area contributed by atoms with E-state index in [1.165, 1.54) is 4.90 Å². The van der Waals surface area contributed by atoms with Crippen molar-refractivity contribution in [3.8, 4) is 0 Å². The lowest BCUT2D eigenvalue weighted by Gasteiger charge is -2.34. The van der Waals surface area contributed by atoms with Crippen molar-refractivity contribution >= 4 is 17.4 Å². The number of hydrogen-bond acceptors (Lipinski definition) is 4. The molecule has 1 amide bonds. The van der Waals surface area contributed by atoms with E-state index in [9.17, 15) is 9.59 Å². The average Bonchev–Trinajstić information content (AvgIpc) is 3.07. The molecule has 0 radical (unpaired) electrons. The topological polar surface area (TPSA) is 58.2 Å². The molecule has 2 aromatic rings. The Kier molecular flexibility index (Phi) is 5.96. The molecule has 6 heteroatoms. The molecule has 0 saturated carbocycles. The molecule has 1 aliphatic heterocycles. The summed E-state index contributed by atoms with van der Waals surface area (Å²) in [5.74, 6) is 1.91. The third-order valence-corrected chi connectivity index (χ3v) is 5.13. The van der Waals surface area contributed by atoms with Crippen molar-refractivity contribution in [1.82, 2.24) is 4.90 Å². The summed E-state index contributed by atoms with van der Waals surface area (Å²) in [5.41, 5.74) is 1.87. The molecule has 0 atom stereocenters. The molecule has 0 spiro atoms. The SMILES string of the molecule is CC(=O)c1ccc(N2CC[NH+](CC(=O)N(C)Cc3ccc(C)o3)CC2)cc1. The molecule has 3 rings (SSSR count). The average molecular weight is 370 g/mol. The number of ketones is 1. The van der Waals surface area contributed by atoms with E-state index in [0.717, 1.165) is 49.0 Å². The summed E-state index contributed by atoms with van der Waals surface area (Å²) in [6.45, 7) is 8.16. The Labute approximate surface area is 160 Å². The number of hydrogen-bond donors (Lipinski definition) is 1. The van der Waals surface area contributed by atoms with Crippen LogP contribution in [-0.4, -0.2) is 56.4 Å². The van der Waals surface area contributed by atoms with Crippen LogP contribution in [0.15, 0.2) is 40.8 Å². The monoisotopic (exact) mass is 370 g/mol. The van der Waals surface area contributed by atoms with Crippen molar-refractivity contribution < 1.29 is 18.9 Å². The van der Waals surface area contributed by atoms with Crippen molar-refractivity contribution in [2.45, 2.75) is 20.4 Å². The molecule has 6 nitrogen and oxygen atoms in total. The number of anilines is 1. The fourth-order valence-corrected chi connectivity index (χ4v) is 3.41. The van der Waals surface area contributed by atoms with Crippen molar-refractivity contribution in [2.75, 3.05) is 44.7 Å². The summed E-state index contributed by atoms with van der Waals surface area (Å²) in [7, 11) is 1.83. The van der Waals surface area contributed by atoms with Gasteiger partial charge in [0.05, 0.1) is 32.7 Å². The molecule has 1 saturated heterocycles. The maximum Gasteiger partial charge on any atom is 0.277 e. The van der Waals surface area contributed by atoms with E-state index < -0.39 is 0 Å². The van der Waals surface area contributed by atoms with Crippen molar-refractivity contribution in [2.24, 2.45) is 0 Å². The normalized spacial score (nSPS) is 15.0.